The number of halogens is 1. The van der Waals surface area contributed by atoms with Gasteiger partial charge in [-0.3, -0.25) is 4.79 Å². The summed E-state index contributed by atoms with van der Waals surface area (Å²) in [5, 5.41) is 14.3. The third-order valence-electron chi connectivity index (χ3n) is 6.90. The number of nitrogens with zero attached hydrogens (tertiary/aromatic N) is 3. The normalized spacial score (nSPS) is 18.9. The highest BCUT2D eigenvalue weighted by Crippen LogP contribution is 2.45. The molecule has 2 aromatic heterocycles. The molecule has 1 amide bonds. The SMILES string of the molecule is NC1(C(=O)N[C@@H](CCO)c2ccc(Cl)cc2)CCN(c2ncnc3[nH]cc(C4CC4)c23)CC1. The zero-order chi connectivity index (χ0) is 23.0. The molecule has 5 rings (SSSR count). The van der Waals surface area contributed by atoms with Crippen LogP contribution in [0.3, 0.4) is 0 Å². The van der Waals surface area contributed by atoms with E-state index in [1.807, 2.05) is 12.1 Å². The Morgan fingerprint density at radius 1 is 1.27 bits per heavy atom. The fourth-order valence-electron chi connectivity index (χ4n) is 4.72. The number of amides is 1. The van der Waals surface area contributed by atoms with E-state index in [1.165, 1.54) is 18.4 Å². The summed E-state index contributed by atoms with van der Waals surface area (Å²) < 4.78 is 0. The third kappa shape index (κ3) is 4.43. The van der Waals surface area contributed by atoms with Gasteiger partial charge in [-0.05, 0) is 61.3 Å². The quantitative estimate of drug-likeness (QED) is 0.423. The third-order valence-corrected chi connectivity index (χ3v) is 7.15. The number of aromatic amines is 1. The lowest BCUT2D eigenvalue weighted by Crippen LogP contribution is -2.60. The molecular formula is C24H29ClN6O2. The predicted molar refractivity (Wildman–Crippen MR) is 128 cm³/mol. The van der Waals surface area contributed by atoms with Gasteiger partial charge in [-0.1, -0.05) is 23.7 Å². The van der Waals surface area contributed by atoms with E-state index in [1.54, 1.807) is 18.5 Å². The maximum Gasteiger partial charge on any atom is 0.240 e. The van der Waals surface area contributed by atoms with Crippen LogP contribution in [0.5, 0.6) is 0 Å². The number of hydrogen-bond acceptors (Lipinski definition) is 6. The molecule has 0 bridgehead atoms. The molecule has 1 atom stereocenters. The molecule has 1 aliphatic carbocycles. The fourth-order valence-corrected chi connectivity index (χ4v) is 4.84. The number of nitrogens with two attached hydrogens (primary N) is 1. The minimum atomic E-state index is -0.972. The van der Waals surface area contributed by atoms with Gasteiger partial charge in [0, 0.05) is 30.9 Å². The summed E-state index contributed by atoms with van der Waals surface area (Å²) in [7, 11) is 0. The second-order valence-corrected chi connectivity index (χ2v) is 9.61. The van der Waals surface area contributed by atoms with Crippen molar-refractivity contribution in [2.24, 2.45) is 5.73 Å². The van der Waals surface area contributed by atoms with E-state index in [4.69, 9.17) is 17.3 Å². The molecule has 0 unspecified atom stereocenters. The first-order valence-electron chi connectivity index (χ1n) is 11.5. The summed E-state index contributed by atoms with van der Waals surface area (Å²) >= 11 is 5.99. The summed E-state index contributed by atoms with van der Waals surface area (Å²) in [5.74, 6) is 1.32. The molecule has 1 aromatic carbocycles. The Morgan fingerprint density at radius 3 is 2.67 bits per heavy atom. The molecule has 9 heteroatoms. The van der Waals surface area contributed by atoms with Gasteiger partial charge in [0.2, 0.25) is 5.91 Å². The molecule has 0 spiro atoms. The van der Waals surface area contributed by atoms with Crippen LogP contribution in [0.1, 0.15) is 55.2 Å². The second-order valence-electron chi connectivity index (χ2n) is 9.17. The molecule has 2 fully saturated rings. The van der Waals surface area contributed by atoms with Crippen LogP contribution in [0.25, 0.3) is 11.0 Å². The lowest BCUT2D eigenvalue weighted by Gasteiger charge is -2.39. The second kappa shape index (κ2) is 8.93. The zero-order valence-electron chi connectivity index (χ0n) is 18.4. The molecule has 1 saturated heterocycles. The van der Waals surface area contributed by atoms with Crippen LogP contribution < -0.4 is 16.0 Å². The van der Waals surface area contributed by atoms with Crippen molar-refractivity contribution in [1.82, 2.24) is 20.3 Å². The van der Waals surface area contributed by atoms with E-state index in [-0.39, 0.29) is 18.6 Å². The molecule has 1 saturated carbocycles. The number of benzene rings is 1. The average Bonchev–Trinajstić information content (AvgIpc) is 3.58. The molecule has 2 aliphatic rings. The highest BCUT2D eigenvalue weighted by Gasteiger charge is 2.39. The first-order chi connectivity index (χ1) is 16.0. The van der Waals surface area contributed by atoms with Crippen LogP contribution in [0, 0.1) is 0 Å². The molecule has 3 aromatic rings. The average molecular weight is 469 g/mol. The van der Waals surface area contributed by atoms with Gasteiger partial charge in [0.15, 0.2) is 0 Å². The molecule has 3 heterocycles. The van der Waals surface area contributed by atoms with E-state index >= 15 is 0 Å². The van der Waals surface area contributed by atoms with E-state index in [0.29, 0.717) is 43.3 Å². The van der Waals surface area contributed by atoms with Crippen molar-refractivity contribution >= 4 is 34.4 Å². The van der Waals surface area contributed by atoms with Gasteiger partial charge in [-0.25, -0.2) is 9.97 Å². The number of aromatic nitrogens is 3. The van der Waals surface area contributed by atoms with Gasteiger partial charge in [-0.15, -0.1) is 0 Å². The van der Waals surface area contributed by atoms with E-state index < -0.39 is 5.54 Å². The maximum absolute atomic E-state index is 13.2. The largest absolute Gasteiger partial charge is 0.396 e. The Morgan fingerprint density at radius 2 is 2.00 bits per heavy atom. The molecular weight excluding hydrogens is 440 g/mol. The fraction of sp³-hybridized carbons (Fsp3) is 0.458. The minimum absolute atomic E-state index is 0.0391. The zero-order valence-corrected chi connectivity index (χ0v) is 19.2. The van der Waals surface area contributed by atoms with Crippen molar-refractivity contribution in [2.45, 2.75) is 49.6 Å². The Hall–Kier alpha value is -2.68. The summed E-state index contributed by atoms with van der Waals surface area (Å²) in [5.41, 5.74) is 8.68. The Bertz CT molecular complexity index is 1140. The van der Waals surface area contributed by atoms with Gasteiger partial charge < -0.3 is 26.0 Å². The van der Waals surface area contributed by atoms with Crippen molar-refractivity contribution in [3.8, 4) is 0 Å². The van der Waals surface area contributed by atoms with Crippen molar-refractivity contribution in [1.29, 1.82) is 0 Å². The number of hydrogen-bond donors (Lipinski definition) is 4. The van der Waals surface area contributed by atoms with Crippen molar-refractivity contribution in [2.75, 3.05) is 24.6 Å². The summed E-state index contributed by atoms with van der Waals surface area (Å²) in [6.45, 7) is 1.23. The Kier molecular flexibility index (Phi) is 5.99. The predicted octanol–water partition coefficient (Wildman–Crippen LogP) is 3.03. The van der Waals surface area contributed by atoms with Gasteiger partial charge in [0.25, 0.3) is 0 Å². The number of carbonyl (C=O) groups is 1. The maximum atomic E-state index is 13.2. The van der Waals surface area contributed by atoms with E-state index in [0.717, 1.165) is 22.4 Å². The van der Waals surface area contributed by atoms with Gasteiger partial charge in [0.1, 0.15) is 17.8 Å². The summed E-state index contributed by atoms with van der Waals surface area (Å²) in [6, 6.07) is 6.97. The number of nitrogens with one attached hydrogen (secondary N) is 2. The van der Waals surface area contributed by atoms with Gasteiger partial charge >= 0.3 is 0 Å². The van der Waals surface area contributed by atoms with E-state index in [2.05, 4.69) is 31.4 Å². The molecule has 8 nitrogen and oxygen atoms in total. The smallest absolute Gasteiger partial charge is 0.240 e. The first kappa shape index (κ1) is 22.1. The van der Waals surface area contributed by atoms with Crippen LogP contribution in [0.2, 0.25) is 5.02 Å². The van der Waals surface area contributed by atoms with Gasteiger partial charge in [-0.2, -0.15) is 0 Å². The number of H-pyrrole nitrogens is 1. The topological polar surface area (TPSA) is 120 Å². The number of fused-ring (bicyclic) bond motifs is 1. The van der Waals surface area contributed by atoms with Crippen LogP contribution in [-0.4, -0.2) is 51.2 Å². The molecule has 33 heavy (non-hydrogen) atoms. The highest BCUT2D eigenvalue weighted by molar-refractivity contribution is 6.30. The number of carbonyl (C=O) groups excluding carboxylic acids is 1. The number of aliphatic hydroxyl groups excluding tert-OH is 1. The number of piperidine rings is 1. The first-order valence-corrected chi connectivity index (χ1v) is 11.9. The van der Waals surface area contributed by atoms with Crippen molar-refractivity contribution in [3.63, 3.8) is 0 Å². The van der Waals surface area contributed by atoms with E-state index in [9.17, 15) is 9.90 Å². The van der Waals surface area contributed by atoms with Crippen LogP contribution in [-0.2, 0) is 4.79 Å². The van der Waals surface area contributed by atoms with Crippen molar-refractivity contribution < 1.29 is 9.90 Å². The Balaban J connectivity index is 1.29. The van der Waals surface area contributed by atoms with Crippen LogP contribution in [0.15, 0.2) is 36.8 Å². The minimum Gasteiger partial charge on any atom is -0.396 e. The number of anilines is 1. The lowest BCUT2D eigenvalue weighted by atomic mass is 9.86. The highest BCUT2D eigenvalue weighted by atomic mass is 35.5. The monoisotopic (exact) mass is 468 g/mol. The molecule has 174 valence electrons. The summed E-state index contributed by atoms with van der Waals surface area (Å²) in [6.07, 6.45) is 7.49. The summed E-state index contributed by atoms with van der Waals surface area (Å²) in [4.78, 5) is 27.7. The number of rotatable bonds is 7. The molecule has 1 aliphatic heterocycles. The van der Waals surface area contributed by atoms with Crippen LogP contribution in [0.4, 0.5) is 5.82 Å². The van der Waals surface area contributed by atoms with Crippen molar-refractivity contribution in [3.05, 3.63) is 52.9 Å². The lowest BCUT2D eigenvalue weighted by molar-refractivity contribution is -0.128. The standard InChI is InChI=1S/C24H29ClN6O2/c25-17-5-3-16(4-6-17)19(7-12-32)30-23(33)24(26)8-10-31(11-9-24)22-20-18(15-1-2-15)13-27-21(20)28-14-29-22/h3-6,13-15,19,32H,1-2,7-12,26H2,(H,30,33)(H,27,28,29)/t19-/m0/s1. The van der Waals surface area contributed by atoms with Crippen LogP contribution >= 0.6 is 11.6 Å². The number of aliphatic hydroxyl groups is 1. The van der Waals surface area contributed by atoms with Gasteiger partial charge in [0.05, 0.1) is 17.0 Å². The Labute approximate surface area is 197 Å². The molecule has 0 radical (unpaired) electrons. The molecule has 5 N–H and O–H groups in total.